The van der Waals surface area contributed by atoms with Crippen LogP contribution in [-0.2, 0) is 10.9 Å². The Kier molecular flexibility index (Phi) is 5.77. The molecule has 0 radical (unpaired) electrons. The Labute approximate surface area is 175 Å². The third-order valence-corrected chi connectivity index (χ3v) is 7.80. The minimum Gasteiger partial charge on any atom is -0.480 e. The van der Waals surface area contributed by atoms with Crippen LogP contribution in [0.3, 0.4) is 0 Å². The summed E-state index contributed by atoms with van der Waals surface area (Å²) in [6.07, 6.45) is 4.00. The molecule has 0 amide bonds. The second-order valence-electron chi connectivity index (χ2n) is 7.61. The van der Waals surface area contributed by atoms with Gasteiger partial charge in [0, 0.05) is 6.07 Å². The van der Waals surface area contributed by atoms with Crippen LogP contribution in [0, 0.1) is 5.82 Å². The molecule has 0 heterocycles. The molecule has 3 aromatic rings. The molecule has 0 aliphatic heterocycles. The summed E-state index contributed by atoms with van der Waals surface area (Å²) in [5.41, 5.74) is 0.551. The summed E-state index contributed by atoms with van der Waals surface area (Å²) < 4.78 is 21.4. The molecule has 29 heavy (non-hydrogen) atoms. The number of hydrogen-bond acceptors (Lipinski definition) is 1. The van der Waals surface area contributed by atoms with Gasteiger partial charge in [-0.25, -0.2) is 4.39 Å². The number of benzene rings is 3. The topological polar surface area (TPSA) is 9.23 Å². The van der Waals surface area contributed by atoms with Gasteiger partial charge in [-0.2, -0.15) is 0 Å². The fraction of sp³-hybridized carbons (Fsp3) is 0.231. The number of hydrogen-bond donors (Lipinski definition) is 0. The second-order valence-corrected chi connectivity index (χ2v) is 9.63. The molecule has 1 nitrogen and oxygen atoms in total. The highest BCUT2D eigenvalue weighted by molar-refractivity contribution is 7.97. The van der Waals surface area contributed by atoms with Crippen molar-refractivity contribution in [1.82, 2.24) is 0 Å². The molecule has 148 valence electrons. The maximum atomic E-state index is 15.2. The Bertz CT molecular complexity index is 939. The van der Waals surface area contributed by atoms with Crippen molar-refractivity contribution in [1.29, 1.82) is 0 Å². The van der Waals surface area contributed by atoms with Gasteiger partial charge in [0.25, 0.3) is 0 Å². The summed E-state index contributed by atoms with van der Waals surface area (Å²) in [6.45, 7) is 6.10. The van der Waals surface area contributed by atoms with Crippen molar-refractivity contribution in [3.05, 3.63) is 96.8 Å². The smallest absolute Gasteiger partial charge is 0.170 e. The molecule has 1 saturated carbocycles. The molecule has 0 aromatic heterocycles. The molecule has 0 spiro atoms. The zero-order valence-electron chi connectivity index (χ0n) is 16.7. The average Bonchev–Trinajstić information content (AvgIpc) is 3.22. The molecule has 4 rings (SSSR count). The zero-order chi connectivity index (χ0) is 20.3. The van der Waals surface area contributed by atoms with Gasteiger partial charge in [0.2, 0.25) is 0 Å². The van der Waals surface area contributed by atoms with Gasteiger partial charge in [-0.05, 0) is 74.6 Å². The van der Waals surface area contributed by atoms with Gasteiger partial charge >= 0.3 is 0 Å². The maximum Gasteiger partial charge on any atom is 0.170 e. The van der Waals surface area contributed by atoms with E-state index < -0.39 is 5.60 Å². The van der Waals surface area contributed by atoms with Crippen LogP contribution in [0.5, 0.6) is 5.75 Å². The highest BCUT2D eigenvalue weighted by Crippen LogP contribution is 2.41. The van der Waals surface area contributed by atoms with E-state index in [0.29, 0.717) is 5.75 Å². The minimum absolute atomic E-state index is 0.306. The van der Waals surface area contributed by atoms with Crippen LogP contribution < -0.4 is 4.74 Å². The molecule has 0 bridgehead atoms. The number of rotatable bonds is 6. The lowest BCUT2D eigenvalue weighted by atomic mass is 9.94. The zero-order valence-corrected chi connectivity index (χ0v) is 17.6. The average molecular weight is 406 g/mol. The van der Waals surface area contributed by atoms with Crippen LogP contribution in [0.4, 0.5) is 4.39 Å². The van der Waals surface area contributed by atoms with E-state index in [-0.39, 0.29) is 16.7 Å². The van der Waals surface area contributed by atoms with Crippen molar-refractivity contribution in [3.8, 4) is 5.75 Å². The summed E-state index contributed by atoms with van der Waals surface area (Å²) in [6, 6.07) is 26.0. The molecule has 0 N–H and O–H groups in total. The quantitative estimate of drug-likeness (QED) is 0.311. The van der Waals surface area contributed by atoms with Gasteiger partial charge in [0.15, 0.2) is 26.3 Å². The van der Waals surface area contributed by atoms with Crippen LogP contribution in [0.1, 0.15) is 32.6 Å². The summed E-state index contributed by atoms with van der Waals surface area (Å²) in [7, 11) is -0.369. The molecule has 0 saturated heterocycles. The van der Waals surface area contributed by atoms with Crippen molar-refractivity contribution in [3.63, 3.8) is 0 Å². The molecule has 1 aliphatic carbocycles. The first-order valence-electron chi connectivity index (χ1n) is 10.1. The van der Waals surface area contributed by atoms with E-state index >= 15 is 4.39 Å². The number of ether oxygens (including phenoxy) is 1. The third kappa shape index (κ3) is 4.11. The fourth-order valence-corrected chi connectivity index (χ4v) is 6.09. The summed E-state index contributed by atoms with van der Waals surface area (Å²) in [5, 5.41) is 0. The van der Waals surface area contributed by atoms with E-state index in [0.717, 1.165) is 36.2 Å². The Morgan fingerprint density at radius 2 is 1.41 bits per heavy atom. The molecule has 3 aromatic carbocycles. The van der Waals surface area contributed by atoms with Gasteiger partial charge < -0.3 is 4.74 Å². The van der Waals surface area contributed by atoms with Crippen molar-refractivity contribution in [2.24, 2.45) is 0 Å². The first-order chi connectivity index (χ1) is 14.1. The molecular formula is C26H26FOS+. The lowest BCUT2D eigenvalue weighted by Crippen LogP contribution is -2.33. The van der Waals surface area contributed by atoms with Crippen LogP contribution >= 0.6 is 0 Å². The van der Waals surface area contributed by atoms with Crippen molar-refractivity contribution in [2.45, 2.75) is 52.9 Å². The standard InChI is InChI=1S/C26H26FOS/c1-20(2)26(17-9-10-18-26)28-25-16-15-23(19-24(25)27)29(21-11-5-3-6-12-21)22-13-7-4-8-14-22/h3-8,11-16,19H,1,9-10,17-18H2,2H3/q+1. The molecular weight excluding hydrogens is 379 g/mol. The van der Waals surface area contributed by atoms with E-state index in [2.05, 4.69) is 30.8 Å². The van der Waals surface area contributed by atoms with E-state index in [4.69, 9.17) is 4.74 Å². The van der Waals surface area contributed by atoms with Crippen molar-refractivity contribution in [2.75, 3.05) is 0 Å². The molecule has 1 aliphatic rings. The highest BCUT2D eigenvalue weighted by atomic mass is 32.2. The lowest BCUT2D eigenvalue weighted by Gasteiger charge is -2.31. The predicted molar refractivity (Wildman–Crippen MR) is 118 cm³/mol. The Morgan fingerprint density at radius 3 is 1.90 bits per heavy atom. The van der Waals surface area contributed by atoms with E-state index in [1.165, 1.54) is 9.79 Å². The van der Waals surface area contributed by atoms with E-state index in [1.54, 1.807) is 12.1 Å². The van der Waals surface area contributed by atoms with Crippen molar-refractivity contribution < 1.29 is 9.13 Å². The molecule has 3 heteroatoms. The molecule has 0 unspecified atom stereocenters. The lowest BCUT2D eigenvalue weighted by molar-refractivity contribution is 0.109. The normalized spacial score (nSPS) is 15.4. The fourth-order valence-electron chi connectivity index (χ4n) is 3.99. The summed E-state index contributed by atoms with van der Waals surface area (Å²) in [5.74, 6) is 0.0164. The van der Waals surface area contributed by atoms with Crippen LogP contribution in [-0.4, -0.2) is 5.60 Å². The predicted octanol–water partition coefficient (Wildman–Crippen LogP) is 7.19. The van der Waals surface area contributed by atoms with Gasteiger partial charge in [-0.3, -0.25) is 0 Å². The largest absolute Gasteiger partial charge is 0.480 e. The van der Waals surface area contributed by atoms with Gasteiger partial charge in [-0.1, -0.05) is 43.0 Å². The Balaban J connectivity index is 1.70. The number of halogens is 1. The van der Waals surface area contributed by atoms with E-state index in [9.17, 15) is 0 Å². The first kappa shape index (κ1) is 19.8. The minimum atomic E-state index is -0.428. The summed E-state index contributed by atoms with van der Waals surface area (Å²) in [4.78, 5) is 3.28. The Morgan fingerprint density at radius 1 is 0.862 bits per heavy atom. The third-order valence-electron chi connectivity index (χ3n) is 5.59. The monoisotopic (exact) mass is 405 g/mol. The van der Waals surface area contributed by atoms with Crippen molar-refractivity contribution >= 4 is 10.9 Å². The van der Waals surface area contributed by atoms with Gasteiger partial charge in [-0.15, -0.1) is 0 Å². The van der Waals surface area contributed by atoms with Gasteiger partial charge in [0.05, 0.1) is 10.9 Å². The molecule has 0 atom stereocenters. The maximum absolute atomic E-state index is 15.2. The first-order valence-corrected chi connectivity index (χ1v) is 11.3. The Hall–Kier alpha value is -2.52. The molecule has 1 fully saturated rings. The van der Waals surface area contributed by atoms with Crippen LogP contribution in [0.25, 0.3) is 0 Å². The second kappa shape index (κ2) is 8.46. The highest BCUT2D eigenvalue weighted by Gasteiger charge is 2.38. The SMILES string of the molecule is C=C(C)C1(Oc2ccc([S+](c3ccccc3)c3ccccc3)cc2F)CCCC1. The van der Waals surface area contributed by atoms with Crippen LogP contribution in [0.15, 0.2) is 106 Å². The van der Waals surface area contributed by atoms with Gasteiger partial charge in [0.1, 0.15) is 5.60 Å². The summed E-state index contributed by atoms with van der Waals surface area (Å²) >= 11 is 0. The van der Waals surface area contributed by atoms with E-state index in [1.807, 2.05) is 49.4 Å². The van der Waals surface area contributed by atoms with Crippen LogP contribution in [0.2, 0.25) is 0 Å².